The predicted octanol–water partition coefficient (Wildman–Crippen LogP) is 1.77. The normalized spacial score (nSPS) is 11.4. The number of alkyl halides is 2. The molecule has 0 aromatic carbocycles. The second-order valence-electron chi connectivity index (χ2n) is 3.09. The Morgan fingerprint density at radius 3 is 2.29 bits per heavy atom. The molecule has 1 N–H and O–H groups in total. The van der Waals surface area contributed by atoms with Crippen LogP contribution in [0.5, 0.6) is 0 Å². The Kier molecular flexibility index (Phi) is 7.33. The Balaban J connectivity index is 4.08. The fourth-order valence-electron chi connectivity index (χ4n) is 0.906. The van der Waals surface area contributed by atoms with Gasteiger partial charge in [0.25, 0.3) is 0 Å². The molecule has 0 saturated carbocycles. The number of amides is 1. The number of carbonyl (C=O) groups excluding carboxylic acids is 1. The molecule has 84 valence electrons. The van der Waals surface area contributed by atoms with Crippen molar-refractivity contribution >= 4 is 29.1 Å². The standard InChI is InChI=1S/C9H17Cl2NO2/c1-3-9(6-10,7-11)12-8(13)5-14-4-2/h3-7H2,1-2H3,(H,12,13). The fraction of sp³-hybridized carbons (Fsp3) is 0.889. The molecule has 0 radical (unpaired) electrons. The largest absolute Gasteiger partial charge is 0.372 e. The van der Waals surface area contributed by atoms with E-state index in [2.05, 4.69) is 5.32 Å². The molecule has 14 heavy (non-hydrogen) atoms. The minimum absolute atomic E-state index is 0.0615. The highest BCUT2D eigenvalue weighted by molar-refractivity contribution is 6.22. The number of rotatable bonds is 7. The second kappa shape index (κ2) is 7.32. The molecule has 0 saturated heterocycles. The van der Waals surface area contributed by atoms with Crippen LogP contribution in [-0.4, -0.2) is 36.4 Å². The van der Waals surface area contributed by atoms with Crippen LogP contribution in [0.2, 0.25) is 0 Å². The van der Waals surface area contributed by atoms with E-state index in [4.69, 9.17) is 27.9 Å². The van der Waals surface area contributed by atoms with Crippen molar-refractivity contribution in [2.45, 2.75) is 25.8 Å². The Morgan fingerprint density at radius 1 is 1.36 bits per heavy atom. The van der Waals surface area contributed by atoms with E-state index in [0.717, 1.165) is 0 Å². The van der Waals surface area contributed by atoms with Gasteiger partial charge in [0.1, 0.15) is 6.61 Å². The molecule has 0 aromatic heterocycles. The van der Waals surface area contributed by atoms with E-state index in [0.29, 0.717) is 24.8 Å². The van der Waals surface area contributed by atoms with E-state index in [1.165, 1.54) is 0 Å². The van der Waals surface area contributed by atoms with Crippen LogP contribution in [0.4, 0.5) is 0 Å². The van der Waals surface area contributed by atoms with Gasteiger partial charge in [-0.05, 0) is 13.3 Å². The van der Waals surface area contributed by atoms with Gasteiger partial charge in [-0.1, -0.05) is 6.92 Å². The van der Waals surface area contributed by atoms with E-state index < -0.39 is 5.54 Å². The van der Waals surface area contributed by atoms with E-state index in [1.807, 2.05) is 13.8 Å². The molecule has 0 aromatic rings. The van der Waals surface area contributed by atoms with E-state index >= 15 is 0 Å². The minimum atomic E-state index is -0.503. The molecule has 1 amide bonds. The highest BCUT2D eigenvalue weighted by atomic mass is 35.5. The van der Waals surface area contributed by atoms with Gasteiger partial charge in [-0.3, -0.25) is 4.79 Å². The molecule has 0 fully saturated rings. The minimum Gasteiger partial charge on any atom is -0.372 e. The third kappa shape index (κ3) is 4.49. The van der Waals surface area contributed by atoms with E-state index in [9.17, 15) is 4.79 Å². The lowest BCUT2D eigenvalue weighted by Gasteiger charge is -2.29. The fourth-order valence-corrected chi connectivity index (χ4v) is 1.70. The van der Waals surface area contributed by atoms with Gasteiger partial charge in [0.15, 0.2) is 0 Å². The van der Waals surface area contributed by atoms with Crippen LogP contribution in [-0.2, 0) is 9.53 Å². The smallest absolute Gasteiger partial charge is 0.246 e. The van der Waals surface area contributed by atoms with Gasteiger partial charge in [0.2, 0.25) is 5.91 Å². The van der Waals surface area contributed by atoms with Gasteiger partial charge in [-0.25, -0.2) is 0 Å². The topological polar surface area (TPSA) is 38.3 Å². The van der Waals surface area contributed by atoms with Crippen LogP contribution in [0.25, 0.3) is 0 Å². The third-order valence-corrected chi connectivity index (χ3v) is 3.05. The molecular formula is C9H17Cl2NO2. The zero-order chi connectivity index (χ0) is 11.0. The van der Waals surface area contributed by atoms with Crippen molar-refractivity contribution in [1.82, 2.24) is 5.32 Å². The maximum atomic E-state index is 11.3. The van der Waals surface area contributed by atoms with E-state index in [1.54, 1.807) is 0 Å². The summed E-state index contributed by atoms with van der Waals surface area (Å²) in [5.41, 5.74) is -0.503. The van der Waals surface area contributed by atoms with Crippen LogP contribution in [0.3, 0.4) is 0 Å². The summed E-state index contributed by atoms with van der Waals surface area (Å²) in [6, 6.07) is 0. The van der Waals surface area contributed by atoms with Crippen molar-refractivity contribution in [1.29, 1.82) is 0 Å². The van der Waals surface area contributed by atoms with Crippen molar-refractivity contribution in [3.63, 3.8) is 0 Å². The van der Waals surface area contributed by atoms with Crippen molar-refractivity contribution < 1.29 is 9.53 Å². The van der Waals surface area contributed by atoms with Gasteiger partial charge >= 0.3 is 0 Å². The van der Waals surface area contributed by atoms with Crippen molar-refractivity contribution in [2.24, 2.45) is 0 Å². The number of hydrogen-bond donors (Lipinski definition) is 1. The number of carbonyl (C=O) groups is 1. The molecule has 0 atom stereocenters. The highest BCUT2D eigenvalue weighted by Crippen LogP contribution is 2.14. The van der Waals surface area contributed by atoms with Gasteiger partial charge in [-0.15, -0.1) is 23.2 Å². The van der Waals surface area contributed by atoms with Gasteiger partial charge in [0, 0.05) is 18.4 Å². The lowest BCUT2D eigenvalue weighted by atomic mass is 10.0. The first-order valence-corrected chi connectivity index (χ1v) is 5.71. The molecule has 0 unspecified atom stereocenters. The molecule has 0 rings (SSSR count). The number of halogens is 2. The molecule has 0 bridgehead atoms. The molecule has 0 aliphatic rings. The van der Waals surface area contributed by atoms with Crippen LogP contribution in [0.1, 0.15) is 20.3 Å². The molecule has 5 heteroatoms. The molecule has 0 aliphatic carbocycles. The zero-order valence-electron chi connectivity index (χ0n) is 8.61. The Morgan fingerprint density at radius 2 is 1.93 bits per heavy atom. The second-order valence-corrected chi connectivity index (χ2v) is 3.62. The third-order valence-electron chi connectivity index (χ3n) is 2.03. The quantitative estimate of drug-likeness (QED) is 0.691. The zero-order valence-corrected chi connectivity index (χ0v) is 10.1. The van der Waals surface area contributed by atoms with Crippen LogP contribution in [0.15, 0.2) is 0 Å². The molecule has 3 nitrogen and oxygen atoms in total. The van der Waals surface area contributed by atoms with Crippen molar-refractivity contribution in [3.8, 4) is 0 Å². The summed E-state index contributed by atoms with van der Waals surface area (Å²) >= 11 is 11.5. The lowest BCUT2D eigenvalue weighted by molar-refractivity contribution is -0.127. The Bertz CT molecular complexity index is 164. The van der Waals surface area contributed by atoms with Crippen LogP contribution in [0, 0.1) is 0 Å². The number of hydrogen-bond acceptors (Lipinski definition) is 2. The number of ether oxygens (including phenoxy) is 1. The average molecular weight is 242 g/mol. The SMILES string of the molecule is CCOCC(=O)NC(CC)(CCl)CCl. The molecule has 0 heterocycles. The maximum absolute atomic E-state index is 11.3. The first-order chi connectivity index (χ1) is 6.64. The molecule has 0 spiro atoms. The first kappa shape index (κ1) is 14.0. The van der Waals surface area contributed by atoms with Crippen molar-refractivity contribution in [3.05, 3.63) is 0 Å². The van der Waals surface area contributed by atoms with Gasteiger partial charge in [0.05, 0.1) is 5.54 Å². The monoisotopic (exact) mass is 241 g/mol. The van der Waals surface area contributed by atoms with Crippen molar-refractivity contribution in [2.75, 3.05) is 25.0 Å². The highest BCUT2D eigenvalue weighted by Gasteiger charge is 2.27. The van der Waals surface area contributed by atoms with Crippen LogP contribution >= 0.6 is 23.2 Å². The van der Waals surface area contributed by atoms with Crippen LogP contribution < -0.4 is 5.32 Å². The van der Waals surface area contributed by atoms with Gasteiger partial charge in [-0.2, -0.15) is 0 Å². The summed E-state index contributed by atoms with van der Waals surface area (Å²) in [5, 5.41) is 2.79. The summed E-state index contributed by atoms with van der Waals surface area (Å²) in [6.45, 7) is 4.36. The first-order valence-electron chi connectivity index (χ1n) is 4.64. The maximum Gasteiger partial charge on any atom is 0.246 e. The Hall–Kier alpha value is 0.01000. The average Bonchev–Trinajstić information content (AvgIpc) is 2.23. The molecular weight excluding hydrogens is 225 g/mol. The summed E-state index contributed by atoms with van der Waals surface area (Å²) < 4.78 is 4.98. The summed E-state index contributed by atoms with van der Waals surface area (Å²) in [4.78, 5) is 11.3. The summed E-state index contributed by atoms with van der Waals surface area (Å²) in [6.07, 6.45) is 0.706. The predicted molar refractivity (Wildman–Crippen MR) is 59.1 cm³/mol. The summed E-state index contributed by atoms with van der Waals surface area (Å²) in [5.74, 6) is 0.449. The lowest BCUT2D eigenvalue weighted by Crippen LogP contribution is -2.52. The van der Waals surface area contributed by atoms with Gasteiger partial charge < -0.3 is 10.1 Å². The number of nitrogens with one attached hydrogen (secondary N) is 1. The molecule has 0 aliphatic heterocycles. The Labute approximate surface area is 95.1 Å². The van der Waals surface area contributed by atoms with E-state index in [-0.39, 0.29) is 12.5 Å². The summed E-state index contributed by atoms with van der Waals surface area (Å²) in [7, 11) is 0.